The second-order valence-corrected chi connectivity index (χ2v) is 8.28. The van der Waals surface area contributed by atoms with Crippen LogP contribution in [0.5, 0.6) is 0 Å². The van der Waals surface area contributed by atoms with Crippen LogP contribution < -0.4 is 16.8 Å². The number of hydrogen-bond donors (Lipinski definition) is 3. The lowest BCUT2D eigenvalue weighted by Gasteiger charge is -2.32. The number of hydrogen-bond acceptors (Lipinski definition) is 9. The van der Waals surface area contributed by atoms with E-state index in [1.165, 1.54) is 0 Å². The first-order valence-corrected chi connectivity index (χ1v) is 9.38. The molecule has 0 aliphatic carbocycles. The van der Waals surface area contributed by atoms with E-state index in [0.29, 0.717) is 4.90 Å². The number of oxime groups is 1. The maximum Gasteiger partial charge on any atom is 0.420 e. The zero-order valence-corrected chi connectivity index (χ0v) is 19.0. The molecule has 3 amide bonds. The quantitative estimate of drug-likeness (QED) is 0.117. The Bertz CT molecular complexity index is 649. The van der Waals surface area contributed by atoms with E-state index in [2.05, 4.69) is 15.2 Å². The fourth-order valence-corrected chi connectivity index (χ4v) is 1.96. The second kappa shape index (κ2) is 11.8. The molecule has 13 nitrogen and oxygen atoms in total. The van der Waals surface area contributed by atoms with Gasteiger partial charge in [-0.1, -0.05) is 0 Å². The van der Waals surface area contributed by atoms with E-state index in [-0.39, 0.29) is 19.0 Å². The summed E-state index contributed by atoms with van der Waals surface area (Å²) in [4.78, 5) is 55.1. The molecule has 0 heterocycles. The highest BCUT2D eigenvalue weighted by Crippen LogP contribution is 2.18. The number of imide groups is 1. The van der Waals surface area contributed by atoms with Crippen molar-refractivity contribution in [3.63, 3.8) is 0 Å². The lowest BCUT2D eigenvalue weighted by molar-refractivity contribution is -0.141. The minimum atomic E-state index is -1.47. The Labute approximate surface area is 181 Å². The summed E-state index contributed by atoms with van der Waals surface area (Å²) >= 11 is 0. The Morgan fingerprint density at radius 1 is 0.968 bits per heavy atom. The molecule has 0 rings (SSSR count). The van der Waals surface area contributed by atoms with Gasteiger partial charge in [0, 0.05) is 6.42 Å². The number of guanidine groups is 1. The fourth-order valence-electron chi connectivity index (χ4n) is 1.96. The predicted octanol–water partition coefficient (Wildman–Crippen LogP) is 0.412. The second-order valence-electron chi connectivity index (χ2n) is 8.28. The number of rotatable bonds is 8. The van der Waals surface area contributed by atoms with E-state index in [1.54, 1.807) is 41.5 Å². The van der Waals surface area contributed by atoms with Gasteiger partial charge in [-0.3, -0.25) is 9.59 Å². The maximum atomic E-state index is 12.8. The van der Waals surface area contributed by atoms with Crippen LogP contribution in [0.2, 0.25) is 0 Å². The number of carbonyl (C=O) groups excluding carboxylic acids is 4. The van der Waals surface area contributed by atoms with Gasteiger partial charge < -0.3 is 35.8 Å². The first-order valence-electron chi connectivity index (χ1n) is 9.38. The summed E-state index contributed by atoms with van der Waals surface area (Å²) in [5, 5.41) is 5.61. The first kappa shape index (κ1) is 27.8. The van der Waals surface area contributed by atoms with Crippen LogP contribution in [0.15, 0.2) is 5.16 Å². The number of amides is 3. The largest absolute Gasteiger partial charge is 0.468 e. The zero-order valence-electron chi connectivity index (χ0n) is 19.0. The monoisotopic (exact) mass is 447 g/mol. The van der Waals surface area contributed by atoms with Crippen LogP contribution in [0.4, 0.5) is 9.59 Å². The minimum absolute atomic E-state index is 0.234. The molecule has 13 heteroatoms. The van der Waals surface area contributed by atoms with Crippen molar-refractivity contribution in [2.24, 2.45) is 16.6 Å². The van der Waals surface area contributed by atoms with Crippen molar-refractivity contribution >= 4 is 30.0 Å². The topological polar surface area (TPSA) is 185 Å². The van der Waals surface area contributed by atoms with E-state index in [4.69, 9.17) is 25.8 Å². The summed E-state index contributed by atoms with van der Waals surface area (Å²) in [5.41, 5.74) is 8.40. The summed E-state index contributed by atoms with van der Waals surface area (Å²) in [6.07, 6.45) is -2.48. The smallest absolute Gasteiger partial charge is 0.420 e. The first-order chi connectivity index (χ1) is 14.1. The van der Waals surface area contributed by atoms with Gasteiger partial charge in [-0.05, 0) is 46.7 Å². The van der Waals surface area contributed by atoms with Gasteiger partial charge in [0.15, 0.2) is 0 Å². The molecule has 0 saturated carbocycles. The van der Waals surface area contributed by atoms with Crippen molar-refractivity contribution in [2.45, 2.75) is 65.2 Å². The summed E-state index contributed by atoms with van der Waals surface area (Å²) in [7, 11) is 1.14. The molecular weight excluding hydrogens is 414 g/mol. The lowest BCUT2D eigenvalue weighted by Crippen LogP contribution is -2.55. The van der Waals surface area contributed by atoms with Crippen molar-refractivity contribution < 1.29 is 38.2 Å². The van der Waals surface area contributed by atoms with E-state index in [0.717, 1.165) is 7.11 Å². The number of nitrogens with one attached hydrogen (secondary N) is 1. The Morgan fingerprint density at radius 2 is 1.45 bits per heavy atom. The van der Waals surface area contributed by atoms with Gasteiger partial charge in [0.2, 0.25) is 11.9 Å². The van der Waals surface area contributed by atoms with Gasteiger partial charge in [-0.15, -0.1) is 0 Å². The average Bonchev–Trinajstić information content (AvgIpc) is 2.58. The molecule has 0 saturated heterocycles. The summed E-state index contributed by atoms with van der Waals surface area (Å²) in [5.74, 6) is -1.94. The van der Waals surface area contributed by atoms with Crippen LogP contribution in [0, 0.1) is 0 Å². The molecule has 178 valence electrons. The molecule has 0 aromatic heterocycles. The Kier molecular flexibility index (Phi) is 10.6. The number of ether oxygens (including phenoxy) is 3. The maximum absolute atomic E-state index is 12.8. The van der Waals surface area contributed by atoms with Crippen LogP contribution >= 0.6 is 0 Å². The normalized spacial score (nSPS) is 12.1. The number of methoxy groups -OCH3 is 1. The Balaban J connectivity index is 5.91. The van der Waals surface area contributed by atoms with E-state index < -0.39 is 47.9 Å². The SMILES string of the molecule is COC(=O)CNC(=O)[C@H](CCON=C(N)N)N(C(=O)OC(C)(C)C)C(=O)OC(C)(C)C. The van der Waals surface area contributed by atoms with E-state index in [1.807, 2.05) is 0 Å². The van der Waals surface area contributed by atoms with Crippen molar-refractivity contribution in [3.8, 4) is 0 Å². The standard InChI is InChI=1S/C18H33N5O8/c1-17(2,3)30-15(26)23(16(27)31-18(4,5)6)11(8-9-29-22-14(19)20)13(25)21-10-12(24)28-7/h11H,8-10H2,1-7H3,(H,21,25)(H4,19,20,22)/t11-/m0/s1. The number of esters is 1. The molecule has 0 aliphatic rings. The third-order valence-electron chi connectivity index (χ3n) is 3.08. The molecule has 0 aromatic carbocycles. The van der Waals surface area contributed by atoms with Crippen LogP contribution in [-0.4, -0.2) is 72.4 Å². The van der Waals surface area contributed by atoms with Crippen molar-refractivity contribution in [1.29, 1.82) is 0 Å². The van der Waals surface area contributed by atoms with E-state index >= 15 is 0 Å². The van der Waals surface area contributed by atoms with Gasteiger partial charge in [-0.2, -0.15) is 4.90 Å². The summed E-state index contributed by atoms with van der Waals surface area (Å²) in [6, 6.07) is -1.47. The predicted molar refractivity (Wildman–Crippen MR) is 109 cm³/mol. The van der Waals surface area contributed by atoms with Gasteiger partial charge in [0.05, 0.1) is 7.11 Å². The molecule has 31 heavy (non-hydrogen) atoms. The molecule has 0 aromatic rings. The number of nitrogens with zero attached hydrogens (tertiary/aromatic N) is 2. The zero-order chi connectivity index (χ0) is 24.4. The molecule has 0 aliphatic heterocycles. The van der Waals surface area contributed by atoms with Crippen LogP contribution in [0.25, 0.3) is 0 Å². The van der Waals surface area contributed by atoms with Gasteiger partial charge >= 0.3 is 18.2 Å². The highest BCUT2D eigenvalue weighted by molar-refractivity contribution is 5.96. The van der Waals surface area contributed by atoms with Crippen molar-refractivity contribution in [2.75, 3.05) is 20.3 Å². The van der Waals surface area contributed by atoms with Crippen molar-refractivity contribution in [1.82, 2.24) is 10.2 Å². The van der Waals surface area contributed by atoms with Gasteiger partial charge in [0.1, 0.15) is 30.4 Å². The molecule has 0 fully saturated rings. The highest BCUT2D eigenvalue weighted by atomic mass is 16.6. The molecule has 5 N–H and O–H groups in total. The van der Waals surface area contributed by atoms with Gasteiger partial charge in [-0.25, -0.2) is 9.59 Å². The molecular formula is C18H33N5O8. The molecule has 1 atom stereocenters. The third-order valence-corrected chi connectivity index (χ3v) is 3.08. The lowest BCUT2D eigenvalue weighted by atomic mass is 10.1. The third kappa shape index (κ3) is 12.1. The average molecular weight is 447 g/mol. The summed E-state index contributed by atoms with van der Waals surface area (Å²) in [6.45, 7) is 8.80. The molecule has 0 unspecified atom stereocenters. The fraction of sp³-hybridized carbons (Fsp3) is 0.722. The van der Waals surface area contributed by atoms with Crippen molar-refractivity contribution in [3.05, 3.63) is 0 Å². The number of carbonyl (C=O) groups is 4. The number of nitrogens with two attached hydrogens (primary N) is 2. The van der Waals surface area contributed by atoms with Gasteiger partial charge in [0.25, 0.3) is 0 Å². The minimum Gasteiger partial charge on any atom is -0.468 e. The van der Waals surface area contributed by atoms with E-state index in [9.17, 15) is 19.2 Å². The Hall–Kier alpha value is -3.25. The molecule has 0 radical (unpaired) electrons. The highest BCUT2D eigenvalue weighted by Gasteiger charge is 2.40. The molecule has 0 spiro atoms. The molecule has 0 bridgehead atoms. The Morgan fingerprint density at radius 3 is 1.84 bits per heavy atom. The van der Waals surface area contributed by atoms with Crippen LogP contribution in [0.1, 0.15) is 48.0 Å². The van der Waals surface area contributed by atoms with Crippen LogP contribution in [-0.2, 0) is 28.6 Å². The summed E-state index contributed by atoms with van der Waals surface area (Å²) < 4.78 is 15.0. The van der Waals surface area contributed by atoms with Crippen LogP contribution in [0.3, 0.4) is 0 Å².